The third-order valence-electron chi connectivity index (χ3n) is 2.72. The molecule has 0 saturated heterocycles. The van der Waals surface area contributed by atoms with E-state index in [0.29, 0.717) is 5.56 Å². The summed E-state index contributed by atoms with van der Waals surface area (Å²) in [6.07, 6.45) is 0. The fourth-order valence-corrected chi connectivity index (χ4v) is 1.71. The largest absolute Gasteiger partial charge is 0.394 e. The van der Waals surface area contributed by atoms with Crippen molar-refractivity contribution in [3.8, 4) is 11.1 Å². The van der Waals surface area contributed by atoms with Crippen molar-refractivity contribution in [2.24, 2.45) is 5.73 Å². The molecule has 0 fully saturated rings. The van der Waals surface area contributed by atoms with Gasteiger partial charge in [-0.3, -0.25) is 0 Å². The van der Waals surface area contributed by atoms with Gasteiger partial charge in [-0.05, 0) is 17.2 Å². The summed E-state index contributed by atoms with van der Waals surface area (Å²) in [6.45, 7) is -0.0982. The van der Waals surface area contributed by atoms with Crippen molar-refractivity contribution in [1.29, 1.82) is 0 Å². The van der Waals surface area contributed by atoms with Gasteiger partial charge in [-0.25, -0.2) is 4.39 Å². The average Bonchev–Trinajstić information content (AvgIpc) is 2.39. The first kappa shape index (κ1) is 14.6. The Morgan fingerprint density at radius 2 is 1.67 bits per heavy atom. The van der Waals surface area contributed by atoms with Gasteiger partial charge in [-0.2, -0.15) is 0 Å². The highest BCUT2D eigenvalue weighted by Crippen LogP contribution is 2.23. The lowest BCUT2D eigenvalue weighted by Gasteiger charge is -2.09. The maximum atomic E-state index is 13.5. The normalized spacial score (nSPS) is 11.7. The summed E-state index contributed by atoms with van der Waals surface area (Å²) in [5.74, 6) is -0.244. The molecule has 0 heterocycles. The van der Waals surface area contributed by atoms with E-state index in [0.717, 1.165) is 11.1 Å². The van der Waals surface area contributed by atoms with Crippen LogP contribution in [-0.4, -0.2) is 11.7 Å². The highest BCUT2D eigenvalue weighted by Gasteiger charge is 2.06. The number of aliphatic hydroxyl groups excluding tert-OH is 1. The first-order chi connectivity index (χ1) is 8.22. The fraction of sp³-hybridized carbons (Fsp3) is 0.143. The summed E-state index contributed by atoms with van der Waals surface area (Å²) >= 11 is 0. The molecule has 0 bridgehead atoms. The van der Waals surface area contributed by atoms with Crippen molar-refractivity contribution >= 4 is 12.4 Å². The number of benzene rings is 2. The first-order valence-electron chi connectivity index (χ1n) is 5.43. The fourth-order valence-electron chi connectivity index (χ4n) is 1.71. The van der Waals surface area contributed by atoms with Gasteiger partial charge in [-0.1, -0.05) is 42.5 Å². The van der Waals surface area contributed by atoms with Gasteiger partial charge < -0.3 is 10.8 Å². The lowest BCUT2D eigenvalue weighted by molar-refractivity contribution is 0.268. The molecule has 0 aromatic heterocycles. The monoisotopic (exact) mass is 267 g/mol. The summed E-state index contributed by atoms with van der Waals surface area (Å²) in [4.78, 5) is 0. The van der Waals surface area contributed by atoms with E-state index in [-0.39, 0.29) is 30.9 Å². The third-order valence-corrected chi connectivity index (χ3v) is 2.72. The molecule has 0 radical (unpaired) electrons. The molecule has 0 saturated carbocycles. The topological polar surface area (TPSA) is 46.2 Å². The molecule has 96 valence electrons. The molecule has 0 unspecified atom stereocenters. The standard InChI is InChI=1S/C14H14FNO.ClH/c15-13-4-2-1-3-12(13)10-5-7-11(8-6-10)14(16)9-17;/h1-8,14,17H,9,16H2;1H/t14-;/m0./s1. The minimum absolute atomic E-state index is 0. The number of aliphatic hydroxyl groups is 1. The minimum atomic E-state index is -0.385. The summed E-state index contributed by atoms with van der Waals surface area (Å²) in [5, 5.41) is 8.93. The van der Waals surface area contributed by atoms with Crippen LogP contribution in [0.4, 0.5) is 4.39 Å². The molecule has 2 aromatic rings. The van der Waals surface area contributed by atoms with Crippen LogP contribution in [0.1, 0.15) is 11.6 Å². The Morgan fingerprint density at radius 1 is 1.06 bits per heavy atom. The van der Waals surface area contributed by atoms with E-state index < -0.39 is 0 Å². The van der Waals surface area contributed by atoms with Gasteiger partial charge in [0.15, 0.2) is 0 Å². The Kier molecular flexibility index (Phi) is 5.28. The Morgan fingerprint density at radius 3 is 2.22 bits per heavy atom. The van der Waals surface area contributed by atoms with Gasteiger partial charge in [0.25, 0.3) is 0 Å². The van der Waals surface area contributed by atoms with Crippen molar-refractivity contribution < 1.29 is 9.50 Å². The molecule has 0 amide bonds. The maximum Gasteiger partial charge on any atom is 0.131 e. The molecule has 0 aliphatic carbocycles. The van der Waals surface area contributed by atoms with E-state index in [2.05, 4.69) is 0 Å². The van der Waals surface area contributed by atoms with E-state index in [4.69, 9.17) is 10.8 Å². The van der Waals surface area contributed by atoms with E-state index in [1.54, 1.807) is 18.2 Å². The predicted molar refractivity (Wildman–Crippen MR) is 73.1 cm³/mol. The van der Waals surface area contributed by atoms with Crippen LogP contribution in [0.2, 0.25) is 0 Å². The lowest BCUT2D eigenvalue weighted by Crippen LogP contribution is -2.14. The van der Waals surface area contributed by atoms with Gasteiger partial charge >= 0.3 is 0 Å². The Bertz CT molecular complexity index is 501. The lowest BCUT2D eigenvalue weighted by atomic mass is 10.0. The SMILES string of the molecule is Cl.N[C@@H](CO)c1ccc(-c2ccccc2F)cc1. The van der Waals surface area contributed by atoms with Gasteiger partial charge in [0.1, 0.15) is 5.82 Å². The van der Waals surface area contributed by atoms with Crippen LogP contribution in [0.3, 0.4) is 0 Å². The summed E-state index contributed by atoms with van der Waals surface area (Å²) in [7, 11) is 0. The van der Waals surface area contributed by atoms with Crippen LogP contribution in [0.25, 0.3) is 11.1 Å². The van der Waals surface area contributed by atoms with Gasteiger partial charge in [-0.15, -0.1) is 12.4 Å². The van der Waals surface area contributed by atoms with Crippen molar-refractivity contribution in [3.63, 3.8) is 0 Å². The van der Waals surface area contributed by atoms with Crippen LogP contribution < -0.4 is 5.73 Å². The molecule has 18 heavy (non-hydrogen) atoms. The van der Waals surface area contributed by atoms with Gasteiger partial charge in [0, 0.05) is 5.56 Å². The highest BCUT2D eigenvalue weighted by molar-refractivity contribution is 5.85. The molecule has 1 atom stereocenters. The number of hydrogen-bond donors (Lipinski definition) is 2. The second-order valence-electron chi connectivity index (χ2n) is 3.89. The Hall–Kier alpha value is -1.42. The summed E-state index contributed by atoms with van der Waals surface area (Å²) in [6, 6.07) is 13.5. The number of nitrogens with two attached hydrogens (primary N) is 1. The number of halogens is 2. The van der Waals surface area contributed by atoms with E-state index in [1.165, 1.54) is 6.07 Å². The van der Waals surface area contributed by atoms with Crippen molar-refractivity contribution in [3.05, 3.63) is 59.9 Å². The van der Waals surface area contributed by atoms with Crippen molar-refractivity contribution in [1.82, 2.24) is 0 Å². The van der Waals surface area contributed by atoms with Crippen LogP contribution in [-0.2, 0) is 0 Å². The van der Waals surface area contributed by atoms with E-state index in [9.17, 15) is 4.39 Å². The van der Waals surface area contributed by atoms with Crippen molar-refractivity contribution in [2.75, 3.05) is 6.61 Å². The molecule has 3 N–H and O–H groups in total. The highest BCUT2D eigenvalue weighted by atomic mass is 35.5. The molecule has 0 spiro atoms. The summed E-state index contributed by atoms with van der Waals surface area (Å²) < 4.78 is 13.5. The second-order valence-corrected chi connectivity index (χ2v) is 3.89. The smallest absolute Gasteiger partial charge is 0.131 e. The number of rotatable bonds is 3. The summed E-state index contributed by atoms with van der Waals surface area (Å²) in [5.41, 5.74) is 7.90. The van der Waals surface area contributed by atoms with Crippen molar-refractivity contribution in [2.45, 2.75) is 6.04 Å². The Labute approximate surface area is 112 Å². The molecule has 0 aliphatic heterocycles. The zero-order valence-electron chi connectivity index (χ0n) is 9.71. The Balaban J connectivity index is 0.00000162. The van der Waals surface area contributed by atoms with Crippen LogP contribution in [0, 0.1) is 5.82 Å². The number of hydrogen-bond acceptors (Lipinski definition) is 2. The molecule has 2 rings (SSSR count). The predicted octanol–water partition coefficient (Wildman–Crippen LogP) is 2.91. The molecule has 2 nitrogen and oxygen atoms in total. The van der Waals surface area contributed by atoms with Gasteiger partial charge in [0.05, 0.1) is 12.6 Å². The molecular weight excluding hydrogens is 253 g/mol. The van der Waals surface area contributed by atoms with Crippen LogP contribution in [0.15, 0.2) is 48.5 Å². The minimum Gasteiger partial charge on any atom is -0.394 e. The first-order valence-corrected chi connectivity index (χ1v) is 5.43. The molecule has 2 aromatic carbocycles. The zero-order chi connectivity index (χ0) is 12.3. The van der Waals surface area contributed by atoms with Crippen LogP contribution >= 0.6 is 12.4 Å². The van der Waals surface area contributed by atoms with E-state index in [1.807, 2.05) is 24.3 Å². The van der Waals surface area contributed by atoms with Gasteiger partial charge in [0.2, 0.25) is 0 Å². The maximum absolute atomic E-state index is 13.5. The molecule has 0 aliphatic rings. The molecular formula is C14H15ClFNO. The average molecular weight is 268 g/mol. The third kappa shape index (κ3) is 3.07. The van der Waals surface area contributed by atoms with Crippen LogP contribution in [0.5, 0.6) is 0 Å². The molecule has 4 heteroatoms. The quantitative estimate of drug-likeness (QED) is 0.898. The van der Waals surface area contributed by atoms with E-state index >= 15 is 0 Å². The second kappa shape index (κ2) is 6.50. The zero-order valence-corrected chi connectivity index (χ0v) is 10.5.